The number of hydrogen-bond donors (Lipinski definition) is 0. The molecule has 0 saturated carbocycles. The first kappa shape index (κ1) is 16.3. The smallest absolute Gasteiger partial charge is 0.270 e. The zero-order valence-corrected chi connectivity index (χ0v) is 13.7. The minimum Gasteiger partial charge on any atom is -0.343 e. The largest absolute Gasteiger partial charge is 0.343 e. The van der Waals surface area contributed by atoms with E-state index >= 15 is 0 Å². The van der Waals surface area contributed by atoms with Crippen LogP contribution in [0.2, 0.25) is 0 Å². The van der Waals surface area contributed by atoms with Crippen molar-refractivity contribution in [1.29, 1.82) is 0 Å². The first-order valence-corrected chi connectivity index (χ1v) is 8.03. The molecule has 2 aromatic heterocycles. The molecule has 4 heteroatoms. The molecule has 0 bridgehead atoms. The number of carbonyl (C=O) groups excluding carboxylic acids is 1. The Labute approximate surface area is 132 Å². The van der Waals surface area contributed by atoms with E-state index in [1.165, 1.54) is 0 Å². The molecular formula is C18H25N3O. The Bertz CT molecular complexity index is 604. The van der Waals surface area contributed by atoms with Crippen molar-refractivity contribution in [3.05, 3.63) is 42.5 Å². The van der Waals surface area contributed by atoms with E-state index in [2.05, 4.69) is 29.6 Å². The van der Waals surface area contributed by atoms with Gasteiger partial charge in [0, 0.05) is 44.3 Å². The van der Waals surface area contributed by atoms with Crippen molar-refractivity contribution < 1.29 is 4.79 Å². The van der Waals surface area contributed by atoms with Gasteiger partial charge in [-0.25, -0.2) is 0 Å². The molecule has 1 amide bonds. The number of unbranched alkanes of at least 4 members (excludes halogenated alkanes) is 1. The second-order valence-corrected chi connectivity index (χ2v) is 5.62. The number of pyridine rings is 1. The minimum atomic E-state index is 0.0993. The third kappa shape index (κ3) is 3.75. The molecule has 0 aliphatic carbocycles. The van der Waals surface area contributed by atoms with Gasteiger partial charge in [0.1, 0.15) is 5.69 Å². The van der Waals surface area contributed by atoms with E-state index in [4.69, 9.17) is 0 Å². The monoisotopic (exact) mass is 299 g/mol. The summed E-state index contributed by atoms with van der Waals surface area (Å²) in [6.07, 6.45) is 8.76. The molecule has 0 aliphatic rings. The zero-order chi connectivity index (χ0) is 15.9. The van der Waals surface area contributed by atoms with Crippen LogP contribution in [-0.4, -0.2) is 34.0 Å². The van der Waals surface area contributed by atoms with Gasteiger partial charge in [-0.15, -0.1) is 0 Å². The van der Waals surface area contributed by atoms with Gasteiger partial charge in [-0.3, -0.25) is 9.78 Å². The lowest BCUT2D eigenvalue weighted by molar-refractivity contribution is 0.0782. The van der Waals surface area contributed by atoms with Crippen LogP contribution in [0.3, 0.4) is 0 Å². The van der Waals surface area contributed by atoms with Crippen LogP contribution in [0.25, 0.3) is 11.1 Å². The van der Waals surface area contributed by atoms with Crippen LogP contribution < -0.4 is 0 Å². The van der Waals surface area contributed by atoms with E-state index in [1.807, 2.05) is 30.1 Å². The van der Waals surface area contributed by atoms with Gasteiger partial charge in [0.15, 0.2) is 0 Å². The molecule has 0 aromatic carbocycles. The fraction of sp³-hybridized carbons (Fsp3) is 0.444. The maximum atomic E-state index is 12.7. The Morgan fingerprint density at radius 2 is 1.91 bits per heavy atom. The van der Waals surface area contributed by atoms with Crippen LogP contribution in [0.4, 0.5) is 0 Å². The summed E-state index contributed by atoms with van der Waals surface area (Å²) in [4.78, 5) is 18.6. The first-order valence-electron chi connectivity index (χ1n) is 8.03. The highest BCUT2D eigenvalue weighted by atomic mass is 16.2. The van der Waals surface area contributed by atoms with Crippen LogP contribution in [0.1, 0.15) is 43.6 Å². The van der Waals surface area contributed by atoms with E-state index in [9.17, 15) is 4.79 Å². The molecule has 22 heavy (non-hydrogen) atoms. The zero-order valence-electron chi connectivity index (χ0n) is 13.7. The lowest BCUT2D eigenvalue weighted by Gasteiger charge is -2.17. The van der Waals surface area contributed by atoms with Crippen LogP contribution in [0, 0.1) is 0 Å². The molecule has 4 nitrogen and oxygen atoms in total. The number of hydrogen-bond acceptors (Lipinski definition) is 2. The molecule has 0 aliphatic heterocycles. The summed E-state index contributed by atoms with van der Waals surface area (Å²) < 4.78 is 2.07. The van der Waals surface area contributed by atoms with Gasteiger partial charge in [-0.05, 0) is 36.6 Å². The summed E-state index contributed by atoms with van der Waals surface area (Å²) in [5, 5.41) is 0. The molecule has 0 atom stereocenters. The lowest BCUT2D eigenvalue weighted by Crippen LogP contribution is -2.29. The van der Waals surface area contributed by atoms with Gasteiger partial charge in [0.05, 0.1) is 0 Å². The van der Waals surface area contributed by atoms with Gasteiger partial charge >= 0.3 is 0 Å². The molecule has 0 fully saturated rings. The van der Waals surface area contributed by atoms with E-state index in [0.717, 1.165) is 49.2 Å². The summed E-state index contributed by atoms with van der Waals surface area (Å²) in [7, 11) is 1.88. The summed E-state index contributed by atoms with van der Waals surface area (Å²) in [5.41, 5.74) is 2.94. The Morgan fingerprint density at radius 3 is 2.55 bits per heavy atom. The van der Waals surface area contributed by atoms with E-state index < -0.39 is 0 Å². The van der Waals surface area contributed by atoms with Gasteiger partial charge in [-0.1, -0.05) is 20.3 Å². The van der Waals surface area contributed by atoms with Crippen molar-refractivity contribution in [3.8, 4) is 11.1 Å². The highest BCUT2D eigenvalue weighted by Crippen LogP contribution is 2.22. The molecule has 0 saturated heterocycles. The predicted octanol–water partition coefficient (Wildman–Crippen LogP) is 3.83. The van der Waals surface area contributed by atoms with Crippen molar-refractivity contribution in [2.45, 2.75) is 39.7 Å². The summed E-state index contributed by atoms with van der Waals surface area (Å²) >= 11 is 0. The molecule has 118 valence electrons. The number of rotatable bonds is 7. The number of nitrogens with zero attached hydrogens (tertiary/aromatic N) is 3. The minimum absolute atomic E-state index is 0.0993. The van der Waals surface area contributed by atoms with Crippen LogP contribution in [0.5, 0.6) is 0 Å². The highest BCUT2D eigenvalue weighted by molar-refractivity contribution is 5.94. The van der Waals surface area contributed by atoms with Crippen LogP contribution in [0.15, 0.2) is 36.8 Å². The van der Waals surface area contributed by atoms with Gasteiger partial charge in [-0.2, -0.15) is 0 Å². The molecule has 2 aromatic rings. The Hall–Kier alpha value is -2.10. The first-order chi connectivity index (χ1) is 10.7. The maximum absolute atomic E-state index is 12.7. The summed E-state index contributed by atoms with van der Waals surface area (Å²) in [5.74, 6) is 0.0993. The van der Waals surface area contributed by atoms with E-state index in [-0.39, 0.29) is 5.91 Å². The van der Waals surface area contributed by atoms with E-state index in [0.29, 0.717) is 0 Å². The third-order valence-electron chi connectivity index (χ3n) is 3.79. The molecule has 2 heterocycles. The van der Waals surface area contributed by atoms with Crippen molar-refractivity contribution in [2.24, 2.45) is 0 Å². The topological polar surface area (TPSA) is 38.1 Å². The fourth-order valence-electron chi connectivity index (χ4n) is 2.51. The summed E-state index contributed by atoms with van der Waals surface area (Å²) in [6.45, 7) is 5.92. The van der Waals surface area contributed by atoms with Crippen molar-refractivity contribution in [2.75, 3.05) is 13.6 Å². The molecule has 0 unspecified atom stereocenters. The van der Waals surface area contributed by atoms with Crippen molar-refractivity contribution in [3.63, 3.8) is 0 Å². The molecule has 0 spiro atoms. The number of aromatic nitrogens is 2. The Morgan fingerprint density at radius 1 is 1.18 bits per heavy atom. The van der Waals surface area contributed by atoms with Crippen molar-refractivity contribution in [1.82, 2.24) is 14.5 Å². The molecule has 2 rings (SSSR count). The average molecular weight is 299 g/mol. The second-order valence-electron chi connectivity index (χ2n) is 5.62. The maximum Gasteiger partial charge on any atom is 0.270 e. The lowest BCUT2D eigenvalue weighted by atomic mass is 10.1. The number of carbonyl (C=O) groups is 1. The normalized spacial score (nSPS) is 10.7. The average Bonchev–Trinajstić information content (AvgIpc) is 2.97. The molecule has 0 N–H and O–H groups in total. The summed E-state index contributed by atoms with van der Waals surface area (Å²) in [6, 6.07) is 5.94. The highest BCUT2D eigenvalue weighted by Gasteiger charge is 2.17. The second kappa shape index (κ2) is 7.78. The SMILES string of the molecule is CCCCN(C)C(=O)c1cc(-c2ccncc2)cn1CCC. The number of aryl methyl sites for hydroxylation is 1. The quantitative estimate of drug-likeness (QED) is 0.779. The Kier molecular flexibility index (Phi) is 5.75. The fourth-order valence-corrected chi connectivity index (χ4v) is 2.51. The van der Waals surface area contributed by atoms with Gasteiger partial charge < -0.3 is 9.47 Å². The Balaban J connectivity index is 2.29. The van der Waals surface area contributed by atoms with Crippen LogP contribution in [-0.2, 0) is 6.54 Å². The van der Waals surface area contributed by atoms with Crippen molar-refractivity contribution >= 4 is 5.91 Å². The van der Waals surface area contributed by atoms with Gasteiger partial charge in [0.25, 0.3) is 5.91 Å². The standard InChI is InChI=1S/C18H25N3O/c1-4-6-12-20(3)18(22)17-13-16(14-21(17)11-5-2)15-7-9-19-10-8-15/h7-10,13-14H,4-6,11-12H2,1-3H3. The van der Waals surface area contributed by atoms with Crippen LogP contribution >= 0.6 is 0 Å². The number of amides is 1. The predicted molar refractivity (Wildman–Crippen MR) is 89.8 cm³/mol. The molecular weight excluding hydrogens is 274 g/mol. The molecule has 0 radical (unpaired) electrons. The van der Waals surface area contributed by atoms with E-state index in [1.54, 1.807) is 12.4 Å². The third-order valence-corrected chi connectivity index (χ3v) is 3.79. The van der Waals surface area contributed by atoms with Gasteiger partial charge in [0.2, 0.25) is 0 Å².